The average Bonchev–Trinajstić information content (AvgIpc) is 3.24. The Labute approximate surface area is 278 Å². The summed E-state index contributed by atoms with van der Waals surface area (Å²) in [5.74, 6) is -2.37. The van der Waals surface area contributed by atoms with Gasteiger partial charge in [-0.1, -0.05) is 54.6 Å². The minimum Gasteiger partial charge on any atom is -0.481 e. The second-order valence-corrected chi connectivity index (χ2v) is 11.2. The van der Waals surface area contributed by atoms with Gasteiger partial charge in [-0.2, -0.15) is 5.10 Å². The van der Waals surface area contributed by atoms with Crippen LogP contribution in [0.1, 0.15) is 37.0 Å². The van der Waals surface area contributed by atoms with Gasteiger partial charge in [0.15, 0.2) is 5.78 Å². The van der Waals surface area contributed by atoms with Crippen molar-refractivity contribution in [1.29, 1.82) is 0 Å². The van der Waals surface area contributed by atoms with Crippen molar-refractivity contribution in [3.05, 3.63) is 106 Å². The van der Waals surface area contributed by atoms with Crippen LogP contribution in [0.15, 0.2) is 84.0 Å². The number of nitro benzene ring substituents is 1. The van der Waals surface area contributed by atoms with E-state index in [1.54, 1.807) is 0 Å². The van der Waals surface area contributed by atoms with E-state index in [1.807, 2.05) is 0 Å². The maximum atomic E-state index is 14.8. The third-order valence-corrected chi connectivity index (χ3v) is 8.15. The maximum absolute atomic E-state index is 14.8. The first-order valence-corrected chi connectivity index (χ1v) is 14.5. The van der Waals surface area contributed by atoms with Crippen molar-refractivity contribution in [1.82, 2.24) is 9.80 Å². The first-order chi connectivity index (χ1) is 23.1. The zero-order valence-electron chi connectivity index (χ0n) is 26.1. The van der Waals surface area contributed by atoms with E-state index in [0.29, 0.717) is 10.5 Å². The Hall–Kier alpha value is -6.49. The Kier molecular flexibility index (Phi) is 9.89. The molecule has 49 heavy (non-hydrogen) atoms. The van der Waals surface area contributed by atoms with Gasteiger partial charge in [-0.15, -0.1) is 0 Å². The zero-order valence-corrected chi connectivity index (χ0v) is 26.1. The number of carboxylic acids is 2. The van der Waals surface area contributed by atoms with Crippen LogP contribution in [0.3, 0.4) is 0 Å². The van der Waals surface area contributed by atoms with Crippen LogP contribution in [0.5, 0.6) is 0 Å². The van der Waals surface area contributed by atoms with E-state index in [1.165, 1.54) is 92.0 Å². The zero-order chi connectivity index (χ0) is 36.3. The number of amides is 4. The molecular formula is C32H31N7O10. The SMILES string of the molecule is CC(=O)[C@@](C(=O)O)(N1C(=O)N(Cc2ccc([N+](=O)[O-])cc2)[C@](C)(c2ccc(C=NN)cc2)C1=O)N(C(=O)[C@@H](N)CC(=O)O)c1ccccc1. The molecule has 6 N–H and O–H groups in total. The number of nitrogens with two attached hydrogens (primary N) is 2. The fourth-order valence-electron chi connectivity index (χ4n) is 5.66. The largest absolute Gasteiger partial charge is 0.481 e. The number of carbonyl (C=O) groups excluding carboxylic acids is 4. The molecule has 0 unspecified atom stereocenters. The van der Waals surface area contributed by atoms with Gasteiger partial charge in [0, 0.05) is 24.4 Å². The van der Waals surface area contributed by atoms with Crippen LogP contribution in [-0.4, -0.2) is 78.4 Å². The molecule has 1 aliphatic heterocycles. The van der Waals surface area contributed by atoms with Crippen LogP contribution in [0.25, 0.3) is 0 Å². The molecule has 0 spiro atoms. The molecule has 0 aliphatic carbocycles. The van der Waals surface area contributed by atoms with Gasteiger partial charge in [0.05, 0.1) is 23.6 Å². The molecule has 3 aromatic carbocycles. The second-order valence-electron chi connectivity index (χ2n) is 11.2. The lowest BCUT2D eigenvalue weighted by atomic mass is 9.88. The summed E-state index contributed by atoms with van der Waals surface area (Å²) in [5, 5.41) is 35.0. The molecule has 254 valence electrons. The van der Waals surface area contributed by atoms with E-state index in [0.717, 1.165) is 11.8 Å². The van der Waals surface area contributed by atoms with Crippen molar-refractivity contribution in [3.8, 4) is 0 Å². The number of hydrogen-bond donors (Lipinski definition) is 4. The quantitative estimate of drug-likeness (QED) is 0.0505. The van der Waals surface area contributed by atoms with Gasteiger partial charge in [-0.3, -0.25) is 34.2 Å². The highest BCUT2D eigenvalue weighted by molar-refractivity contribution is 6.24. The fraction of sp³-hybridized carbons (Fsp3) is 0.219. The van der Waals surface area contributed by atoms with E-state index in [4.69, 9.17) is 11.6 Å². The van der Waals surface area contributed by atoms with Crippen molar-refractivity contribution in [2.24, 2.45) is 16.7 Å². The van der Waals surface area contributed by atoms with E-state index in [-0.39, 0.29) is 27.4 Å². The van der Waals surface area contributed by atoms with Crippen molar-refractivity contribution >= 4 is 53.2 Å². The van der Waals surface area contributed by atoms with Crippen LogP contribution in [0.2, 0.25) is 0 Å². The maximum Gasteiger partial charge on any atom is 0.360 e. The van der Waals surface area contributed by atoms with Crippen LogP contribution in [0.4, 0.5) is 16.2 Å². The summed E-state index contributed by atoms with van der Waals surface area (Å²) in [6.45, 7) is 1.65. The molecule has 17 nitrogen and oxygen atoms in total. The van der Waals surface area contributed by atoms with Crippen LogP contribution in [-0.2, 0) is 36.1 Å². The summed E-state index contributed by atoms with van der Waals surface area (Å²) in [6.07, 6.45) is 0.323. The Morgan fingerprint density at radius 1 is 1.02 bits per heavy atom. The number of nitro groups is 1. The summed E-state index contributed by atoms with van der Waals surface area (Å²) in [5.41, 5.74) is 0.846. The molecule has 3 aromatic rings. The molecule has 17 heteroatoms. The third-order valence-electron chi connectivity index (χ3n) is 8.15. The number of hydrogen-bond acceptors (Lipinski definition) is 11. The molecule has 0 bridgehead atoms. The number of ketones is 1. The number of carboxylic acid groups (broad SMARTS) is 2. The molecule has 1 saturated heterocycles. The number of nitrogens with zero attached hydrogens (tertiary/aromatic N) is 5. The first kappa shape index (κ1) is 35.4. The van der Waals surface area contributed by atoms with Crippen molar-refractivity contribution < 1.29 is 43.9 Å². The number of aliphatic carboxylic acids is 2. The molecule has 3 atom stereocenters. The van der Waals surface area contributed by atoms with Gasteiger partial charge in [-0.25, -0.2) is 14.5 Å². The van der Waals surface area contributed by atoms with Gasteiger partial charge in [-0.05, 0) is 42.7 Å². The first-order valence-electron chi connectivity index (χ1n) is 14.5. The third kappa shape index (κ3) is 6.17. The lowest BCUT2D eigenvalue weighted by Crippen LogP contribution is -2.74. The monoisotopic (exact) mass is 673 g/mol. The Morgan fingerprint density at radius 3 is 2.10 bits per heavy atom. The summed E-state index contributed by atoms with van der Waals surface area (Å²) < 4.78 is 0. The Bertz CT molecular complexity index is 1830. The number of imide groups is 1. The van der Waals surface area contributed by atoms with E-state index >= 15 is 0 Å². The Morgan fingerprint density at radius 2 is 1.61 bits per heavy atom. The van der Waals surface area contributed by atoms with Crippen molar-refractivity contribution in [3.63, 3.8) is 0 Å². The number of rotatable bonds is 13. The number of carbonyl (C=O) groups is 6. The van der Waals surface area contributed by atoms with Gasteiger partial charge in [0.2, 0.25) is 5.91 Å². The lowest BCUT2D eigenvalue weighted by Gasteiger charge is -2.43. The molecule has 1 aliphatic rings. The molecule has 4 amide bonds. The summed E-state index contributed by atoms with van der Waals surface area (Å²) >= 11 is 0. The lowest BCUT2D eigenvalue weighted by molar-refractivity contribution is -0.384. The molecule has 0 saturated carbocycles. The normalized spacial score (nSPS) is 17.9. The highest BCUT2D eigenvalue weighted by Gasteiger charge is 2.69. The predicted octanol–water partition coefficient (Wildman–Crippen LogP) is 1.77. The van der Waals surface area contributed by atoms with Gasteiger partial charge >= 0.3 is 18.0 Å². The molecule has 0 radical (unpaired) electrons. The summed E-state index contributed by atoms with van der Waals surface area (Å²) in [6, 6.07) is 14.4. The van der Waals surface area contributed by atoms with E-state index in [9.17, 15) is 49.1 Å². The summed E-state index contributed by atoms with van der Waals surface area (Å²) in [4.78, 5) is 94.3. The number of anilines is 1. The number of benzene rings is 3. The molecule has 1 heterocycles. The van der Waals surface area contributed by atoms with Crippen LogP contribution in [0, 0.1) is 10.1 Å². The van der Waals surface area contributed by atoms with E-state index in [2.05, 4.69) is 5.10 Å². The molecule has 0 aromatic heterocycles. The van der Waals surface area contributed by atoms with Crippen LogP contribution >= 0.6 is 0 Å². The average molecular weight is 674 g/mol. The standard InChI is InChI=1S/C32H31N7O10/c1-19(40)32(29(45)46,37(23-6-4-3-5-7-23)27(43)25(33)16-26(41)42)38-28(44)31(2,22-12-8-20(9-13-22)17-35-34)36(30(38)47)18-21-10-14-24(15-11-21)39(48)49/h3-15,17,25H,16,18,33-34H2,1-2H3,(H,41,42)(H,45,46)/t25-,31+,32-/m0/s1. The highest BCUT2D eigenvalue weighted by Crippen LogP contribution is 2.44. The van der Waals surface area contributed by atoms with E-state index < -0.39 is 70.7 Å². The topological polar surface area (TPSA) is 260 Å². The van der Waals surface area contributed by atoms with Gasteiger partial charge < -0.3 is 26.7 Å². The number of para-hydroxylation sites is 1. The van der Waals surface area contributed by atoms with Gasteiger partial charge in [0.1, 0.15) is 5.54 Å². The Balaban J connectivity index is 2.02. The fourth-order valence-corrected chi connectivity index (χ4v) is 5.66. The smallest absolute Gasteiger partial charge is 0.360 e. The van der Waals surface area contributed by atoms with Gasteiger partial charge in [0.25, 0.3) is 17.3 Å². The highest BCUT2D eigenvalue weighted by atomic mass is 16.6. The predicted molar refractivity (Wildman–Crippen MR) is 172 cm³/mol. The molecule has 4 rings (SSSR count). The molecular weight excluding hydrogens is 642 g/mol. The number of non-ortho nitro benzene ring substituents is 1. The van der Waals surface area contributed by atoms with Crippen molar-refractivity contribution in [2.75, 3.05) is 4.90 Å². The number of Topliss-reactive ketones (excluding diaryl/α,β-unsaturated/α-hetero) is 1. The summed E-state index contributed by atoms with van der Waals surface area (Å²) in [7, 11) is 0. The van der Waals surface area contributed by atoms with Crippen molar-refractivity contribution in [2.45, 2.75) is 44.1 Å². The number of urea groups is 1. The minimum atomic E-state index is -3.42. The van der Waals surface area contributed by atoms with Crippen LogP contribution < -0.4 is 16.5 Å². The second kappa shape index (κ2) is 13.7. The molecule has 1 fully saturated rings. The minimum absolute atomic E-state index is 0.146. The number of hydrazone groups is 1.